The van der Waals surface area contributed by atoms with Crippen LogP contribution in [0.4, 0.5) is 4.79 Å². The number of carbonyl (C=O) groups is 1. The molecule has 0 radical (unpaired) electrons. The van der Waals surface area contributed by atoms with Gasteiger partial charge in [-0.1, -0.05) is 20.8 Å². The molecule has 2 N–H and O–H groups in total. The minimum Gasteiger partial charge on any atom is -0.444 e. The van der Waals surface area contributed by atoms with Gasteiger partial charge in [-0.2, -0.15) is 0 Å². The lowest BCUT2D eigenvalue weighted by molar-refractivity contribution is 0.0502. The van der Waals surface area contributed by atoms with Gasteiger partial charge < -0.3 is 19.6 Å². The molecule has 1 unspecified atom stereocenters. The molecule has 0 aliphatic rings. The molecule has 0 aromatic heterocycles. The Labute approximate surface area is 130 Å². The predicted molar refractivity (Wildman–Crippen MR) is 88.0 cm³/mol. The van der Waals surface area contributed by atoms with Crippen LogP contribution in [0, 0.1) is 5.92 Å². The highest BCUT2D eigenvalue weighted by atomic mass is 28.4. The second kappa shape index (κ2) is 7.60. The normalized spacial score (nSPS) is 14.7. The van der Waals surface area contributed by atoms with Crippen LogP contribution in [-0.4, -0.2) is 44.9 Å². The van der Waals surface area contributed by atoms with Crippen LogP contribution in [0.5, 0.6) is 0 Å². The summed E-state index contributed by atoms with van der Waals surface area (Å²) in [7, 11) is -1.83. The first-order valence-electron chi connectivity index (χ1n) is 7.50. The average Bonchev–Trinajstić information content (AvgIpc) is 2.25. The molecule has 0 saturated heterocycles. The first-order valence-corrected chi connectivity index (χ1v) is 10.4. The standard InChI is InChI=1S/C15H33NO4Si/c1-14(2,3)20-13(18)16-9-12(10-17)11-19-21(7,8)15(4,5)6/h12,17H,9-11H2,1-8H3,(H,16,18). The molecule has 0 fully saturated rings. The van der Waals surface area contributed by atoms with E-state index in [1.54, 1.807) is 0 Å². The largest absolute Gasteiger partial charge is 0.444 e. The van der Waals surface area contributed by atoms with Crippen LogP contribution >= 0.6 is 0 Å². The maximum atomic E-state index is 11.6. The molecular formula is C15H33NO4Si. The van der Waals surface area contributed by atoms with Gasteiger partial charge in [0.2, 0.25) is 0 Å². The van der Waals surface area contributed by atoms with Gasteiger partial charge in [0.25, 0.3) is 0 Å². The second-order valence-electron chi connectivity index (χ2n) is 8.00. The van der Waals surface area contributed by atoms with E-state index < -0.39 is 20.0 Å². The molecule has 1 atom stereocenters. The van der Waals surface area contributed by atoms with Crippen molar-refractivity contribution < 1.29 is 19.1 Å². The zero-order valence-electron chi connectivity index (χ0n) is 14.9. The van der Waals surface area contributed by atoms with Gasteiger partial charge in [0.1, 0.15) is 5.60 Å². The molecule has 0 bridgehead atoms. The summed E-state index contributed by atoms with van der Waals surface area (Å²) < 4.78 is 11.2. The third-order valence-corrected chi connectivity index (χ3v) is 8.18. The van der Waals surface area contributed by atoms with Gasteiger partial charge in [0.05, 0.1) is 0 Å². The number of hydrogen-bond donors (Lipinski definition) is 2. The summed E-state index contributed by atoms with van der Waals surface area (Å²) in [6, 6.07) is 0. The van der Waals surface area contributed by atoms with Gasteiger partial charge in [-0.05, 0) is 38.9 Å². The fraction of sp³-hybridized carbons (Fsp3) is 0.933. The highest BCUT2D eigenvalue weighted by molar-refractivity contribution is 6.74. The lowest BCUT2D eigenvalue weighted by atomic mass is 10.2. The monoisotopic (exact) mass is 319 g/mol. The summed E-state index contributed by atoms with van der Waals surface area (Å²) in [6.45, 7) is 17.1. The third-order valence-electron chi connectivity index (χ3n) is 3.68. The Hall–Kier alpha value is -0.593. The summed E-state index contributed by atoms with van der Waals surface area (Å²) >= 11 is 0. The molecule has 0 heterocycles. The van der Waals surface area contributed by atoms with Gasteiger partial charge in [-0.25, -0.2) is 4.79 Å². The highest BCUT2D eigenvalue weighted by Gasteiger charge is 2.37. The Kier molecular flexibility index (Phi) is 7.39. The molecule has 6 heteroatoms. The Bertz CT molecular complexity index is 332. The minimum absolute atomic E-state index is 0.0234. The molecule has 0 aliphatic carbocycles. The van der Waals surface area contributed by atoms with Crippen LogP contribution in [0.25, 0.3) is 0 Å². The number of aliphatic hydroxyl groups is 1. The summed E-state index contributed by atoms with van der Waals surface area (Å²) in [6.07, 6.45) is -0.465. The number of carbonyl (C=O) groups excluding carboxylic acids is 1. The first-order chi connectivity index (χ1) is 9.28. The van der Waals surface area contributed by atoms with E-state index in [1.165, 1.54) is 0 Å². The van der Waals surface area contributed by atoms with E-state index in [4.69, 9.17) is 9.16 Å². The van der Waals surface area contributed by atoms with Crippen LogP contribution in [0.3, 0.4) is 0 Å². The van der Waals surface area contributed by atoms with E-state index in [0.29, 0.717) is 13.2 Å². The maximum absolute atomic E-state index is 11.6. The van der Waals surface area contributed by atoms with Gasteiger partial charge in [0.15, 0.2) is 8.32 Å². The number of hydrogen-bond acceptors (Lipinski definition) is 4. The number of rotatable bonds is 6. The molecule has 0 saturated carbocycles. The Balaban J connectivity index is 4.28. The summed E-state index contributed by atoms with van der Waals surface area (Å²) in [4.78, 5) is 11.6. The summed E-state index contributed by atoms with van der Waals surface area (Å²) in [5.74, 6) is -0.119. The van der Waals surface area contributed by atoms with Crippen molar-refractivity contribution in [2.75, 3.05) is 19.8 Å². The molecule has 1 amide bonds. The molecule has 0 aromatic carbocycles. The first kappa shape index (κ1) is 20.4. The number of alkyl carbamates (subject to hydrolysis) is 1. The van der Waals surface area contributed by atoms with Crippen molar-refractivity contribution in [2.24, 2.45) is 5.92 Å². The van der Waals surface area contributed by atoms with E-state index in [1.807, 2.05) is 20.8 Å². The van der Waals surface area contributed by atoms with Gasteiger partial charge in [-0.15, -0.1) is 0 Å². The van der Waals surface area contributed by atoms with Crippen molar-refractivity contribution >= 4 is 14.4 Å². The number of aliphatic hydroxyl groups excluding tert-OH is 1. The molecule has 0 aliphatic heterocycles. The highest BCUT2D eigenvalue weighted by Crippen LogP contribution is 2.36. The smallest absolute Gasteiger partial charge is 0.407 e. The van der Waals surface area contributed by atoms with E-state index in [0.717, 1.165) is 0 Å². The minimum atomic E-state index is -1.83. The van der Waals surface area contributed by atoms with Crippen LogP contribution in [0.1, 0.15) is 41.5 Å². The topological polar surface area (TPSA) is 67.8 Å². The molecule has 126 valence electrons. The van der Waals surface area contributed by atoms with Crippen LogP contribution < -0.4 is 5.32 Å². The van der Waals surface area contributed by atoms with Gasteiger partial charge in [0, 0.05) is 25.7 Å². The Morgan fingerprint density at radius 2 is 1.71 bits per heavy atom. The van der Waals surface area contributed by atoms with E-state index in [-0.39, 0.29) is 17.6 Å². The van der Waals surface area contributed by atoms with Crippen LogP contribution in [0.15, 0.2) is 0 Å². The van der Waals surface area contributed by atoms with Gasteiger partial charge in [-0.3, -0.25) is 0 Å². The van der Waals surface area contributed by atoms with Crippen molar-refractivity contribution in [1.29, 1.82) is 0 Å². The zero-order valence-corrected chi connectivity index (χ0v) is 15.9. The number of amides is 1. The van der Waals surface area contributed by atoms with E-state index in [9.17, 15) is 9.90 Å². The molecule has 0 spiro atoms. The molecular weight excluding hydrogens is 286 g/mol. The Morgan fingerprint density at radius 1 is 1.19 bits per heavy atom. The van der Waals surface area contributed by atoms with Crippen molar-refractivity contribution in [1.82, 2.24) is 5.32 Å². The SMILES string of the molecule is CC(C)(C)OC(=O)NCC(CO)CO[Si](C)(C)C(C)(C)C. The van der Waals surface area contributed by atoms with Crippen molar-refractivity contribution in [3.05, 3.63) is 0 Å². The number of ether oxygens (including phenoxy) is 1. The Morgan fingerprint density at radius 3 is 2.10 bits per heavy atom. The lowest BCUT2D eigenvalue weighted by Crippen LogP contribution is -2.44. The predicted octanol–water partition coefficient (Wildman–Crippen LogP) is 3.14. The van der Waals surface area contributed by atoms with E-state index in [2.05, 4.69) is 39.2 Å². The molecule has 5 nitrogen and oxygen atoms in total. The quantitative estimate of drug-likeness (QED) is 0.738. The van der Waals surface area contributed by atoms with Crippen molar-refractivity contribution in [3.8, 4) is 0 Å². The fourth-order valence-electron chi connectivity index (χ4n) is 1.26. The van der Waals surface area contributed by atoms with Gasteiger partial charge >= 0.3 is 6.09 Å². The zero-order chi connectivity index (χ0) is 16.9. The van der Waals surface area contributed by atoms with Crippen molar-refractivity contribution in [2.45, 2.75) is 65.3 Å². The molecule has 21 heavy (non-hydrogen) atoms. The molecule has 0 rings (SSSR count). The van der Waals surface area contributed by atoms with Crippen LogP contribution in [-0.2, 0) is 9.16 Å². The summed E-state index contributed by atoms with van der Waals surface area (Å²) in [5.41, 5.74) is -0.517. The number of nitrogens with one attached hydrogen (secondary N) is 1. The van der Waals surface area contributed by atoms with Crippen LogP contribution in [0.2, 0.25) is 18.1 Å². The molecule has 0 aromatic rings. The lowest BCUT2D eigenvalue weighted by Gasteiger charge is -2.37. The second-order valence-corrected chi connectivity index (χ2v) is 12.8. The van der Waals surface area contributed by atoms with E-state index >= 15 is 0 Å². The fourth-order valence-corrected chi connectivity index (χ4v) is 2.35. The maximum Gasteiger partial charge on any atom is 0.407 e. The average molecular weight is 320 g/mol. The summed E-state index contributed by atoms with van der Waals surface area (Å²) in [5, 5.41) is 12.2. The van der Waals surface area contributed by atoms with Crippen molar-refractivity contribution in [3.63, 3.8) is 0 Å². The third kappa shape index (κ3) is 8.43.